The molecule has 0 saturated heterocycles. The molecule has 0 aliphatic rings. The van der Waals surface area contributed by atoms with E-state index >= 15 is 0 Å². The minimum Gasteiger partial charge on any atom is -0.497 e. The van der Waals surface area contributed by atoms with Crippen LogP contribution in [0.2, 0.25) is 0 Å². The van der Waals surface area contributed by atoms with Crippen LogP contribution in [0.25, 0.3) is 0 Å². The monoisotopic (exact) mass is 255 g/mol. The number of nitrogens with one attached hydrogen (secondary N) is 1. The lowest BCUT2D eigenvalue weighted by Gasteiger charge is -2.15. The second kappa shape index (κ2) is 6.39. The van der Waals surface area contributed by atoms with Crippen LogP contribution < -0.4 is 10.1 Å². The quantitative estimate of drug-likeness (QED) is 0.876. The van der Waals surface area contributed by atoms with E-state index in [1.807, 2.05) is 12.1 Å². The molecule has 0 amide bonds. The molecule has 0 radical (unpaired) electrons. The van der Waals surface area contributed by atoms with Gasteiger partial charge in [0.05, 0.1) is 7.11 Å². The third kappa shape index (κ3) is 3.83. The largest absolute Gasteiger partial charge is 0.497 e. The van der Waals surface area contributed by atoms with Crippen LogP contribution in [0.5, 0.6) is 5.75 Å². The van der Waals surface area contributed by atoms with Crippen molar-refractivity contribution in [3.63, 3.8) is 0 Å². The summed E-state index contributed by atoms with van der Waals surface area (Å²) in [5.74, 6) is 0.905. The molecule has 2 aromatic rings. The van der Waals surface area contributed by atoms with E-state index in [1.165, 1.54) is 16.7 Å². The Bertz CT molecular complexity index is 519. The van der Waals surface area contributed by atoms with Crippen molar-refractivity contribution in [2.75, 3.05) is 7.11 Å². The highest BCUT2D eigenvalue weighted by Crippen LogP contribution is 2.16. The first kappa shape index (κ1) is 13.6. The van der Waals surface area contributed by atoms with Crippen LogP contribution in [-0.2, 0) is 6.54 Å². The van der Waals surface area contributed by atoms with E-state index in [-0.39, 0.29) is 0 Å². The highest BCUT2D eigenvalue weighted by atomic mass is 16.5. The molecule has 100 valence electrons. The van der Waals surface area contributed by atoms with E-state index in [0.29, 0.717) is 6.04 Å². The molecule has 2 rings (SSSR count). The summed E-state index contributed by atoms with van der Waals surface area (Å²) in [5.41, 5.74) is 3.84. The van der Waals surface area contributed by atoms with Gasteiger partial charge >= 0.3 is 0 Å². The van der Waals surface area contributed by atoms with Gasteiger partial charge in [0.15, 0.2) is 0 Å². The van der Waals surface area contributed by atoms with Gasteiger partial charge in [0.1, 0.15) is 5.75 Å². The van der Waals surface area contributed by atoms with E-state index in [2.05, 4.69) is 55.6 Å². The van der Waals surface area contributed by atoms with Crippen LogP contribution in [0.3, 0.4) is 0 Å². The summed E-state index contributed by atoms with van der Waals surface area (Å²) in [6.45, 7) is 5.13. The lowest BCUT2D eigenvalue weighted by molar-refractivity contribution is 0.414. The zero-order chi connectivity index (χ0) is 13.7. The number of hydrogen-bond acceptors (Lipinski definition) is 2. The Morgan fingerprint density at radius 2 is 1.84 bits per heavy atom. The zero-order valence-corrected chi connectivity index (χ0v) is 11.8. The van der Waals surface area contributed by atoms with Gasteiger partial charge in [-0.1, -0.05) is 42.0 Å². The summed E-state index contributed by atoms with van der Waals surface area (Å²) < 4.78 is 5.23. The molecule has 0 saturated carbocycles. The minimum absolute atomic E-state index is 0.340. The normalized spacial score (nSPS) is 12.2. The number of hydrogen-bond donors (Lipinski definition) is 1. The highest BCUT2D eigenvalue weighted by Gasteiger charge is 2.04. The highest BCUT2D eigenvalue weighted by molar-refractivity contribution is 5.29. The van der Waals surface area contributed by atoms with Gasteiger partial charge < -0.3 is 10.1 Å². The second-order valence-electron chi connectivity index (χ2n) is 4.86. The topological polar surface area (TPSA) is 21.3 Å². The summed E-state index contributed by atoms with van der Waals surface area (Å²) in [6, 6.07) is 17.2. The van der Waals surface area contributed by atoms with Gasteiger partial charge in [-0.25, -0.2) is 0 Å². The van der Waals surface area contributed by atoms with Crippen molar-refractivity contribution in [1.29, 1.82) is 0 Å². The molecule has 0 unspecified atom stereocenters. The Morgan fingerprint density at radius 1 is 1.11 bits per heavy atom. The molecule has 0 spiro atoms. The van der Waals surface area contributed by atoms with Gasteiger partial charge in [-0.15, -0.1) is 0 Å². The third-order valence-corrected chi connectivity index (χ3v) is 3.32. The Hall–Kier alpha value is -1.80. The summed E-state index contributed by atoms with van der Waals surface area (Å²) >= 11 is 0. The first-order valence-corrected chi connectivity index (χ1v) is 6.62. The standard InChI is InChI=1S/C17H21NO/c1-13-7-9-16(10-8-13)14(2)18-12-15-5-4-6-17(11-15)19-3/h4-11,14,18H,12H2,1-3H3/t14-/m1/s1. The molecule has 0 heterocycles. The number of benzene rings is 2. The average molecular weight is 255 g/mol. The smallest absolute Gasteiger partial charge is 0.119 e. The average Bonchev–Trinajstić information content (AvgIpc) is 2.46. The number of rotatable bonds is 5. The van der Waals surface area contributed by atoms with Crippen molar-refractivity contribution < 1.29 is 4.74 Å². The minimum atomic E-state index is 0.340. The number of aryl methyl sites for hydroxylation is 1. The van der Waals surface area contributed by atoms with Gasteiger partial charge in [-0.2, -0.15) is 0 Å². The molecule has 2 aromatic carbocycles. The van der Waals surface area contributed by atoms with Crippen LogP contribution in [0.4, 0.5) is 0 Å². The fourth-order valence-corrected chi connectivity index (χ4v) is 2.03. The molecule has 2 heteroatoms. The molecule has 19 heavy (non-hydrogen) atoms. The molecule has 1 N–H and O–H groups in total. The van der Waals surface area contributed by atoms with Crippen molar-refractivity contribution in [1.82, 2.24) is 5.32 Å². The summed E-state index contributed by atoms with van der Waals surface area (Å²) in [6.07, 6.45) is 0. The fourth-order valence-electron chi connectivity index (χ4n) is 2.03. The first-order valence-electron chi connectivity index (χ1n) is 6.62. The number of methoxy groups -OCH3 is 1. The van der Waals surface area contributed by atoms with E-state index in [4.69, 9.17) is 4.74 Å². The van der Waals surface area contributed by atoms with E-state index in [9.17, 15) is 0 Å². The molecule has 0 aromatic heterocycles. The molecule has 1 atom stereocenters. The van der Waals surface area contributed by atoms with Crippen LogP contribution in [-0.4, -0.2) is 7.11 Å². The second-order valence-corrected chi connectivity index (χ2v) is 4.86. The van der Waals surface area contributed by atoms with Gasteiger partial charge in [0.2, 0.25) is 0 Å². The van der Waals surface area contributed by atoms with Gasteiger partial charge in [-0.3, -0.25) is 0 Å². The maximum absolute atomic E-state index is 5.23. The zero-order valence-electron chi connectivity index (χ0n) is 11.8. The first-order chi connectivity index (χ1) is 9.19. The Morgan fingerprint density at radius 3 is 2.53 bits per heavy atom. The lowest BCUT2D eigenvalue weighted by Crippen LogP contribution is -2.18. The van der Waals surface area contributed by atoms with Crippen molar-refractivity contribution in [3.8, 4) is 5.75 Å². The summed E-state index contributed by atoms with van der Waals surface area (Å²) in [5, 5.41) is 3.53. The molecule has 0 aliphatic carbocycles. The predicted molar refractivity (Wildman–Crippen MR) is 79.4 cm³/mol. The van der Waals surface area contributed by atoms with Crippen molar-refractivity contribution in [2.45, 2.75) is 26.4 Å². The maximum Gasteiger partial charge on any atom is 0.119 e. The van der Waals surface area contributed by atoms with Crippen LogP contribution in [0.15, 0.2) is 48.5 Å². The SMILES string of the molecule is COc1cccc(CN[C@H](C)c2ccc(C)cc2)c1. The van der Waals surface area contributed by atoms with E-state index < -0.39 is 0 Å². The lowest BCUT2D eigenvalue weighted by atomic mass is 10.1. The summed E-state index contributed by atoms with van der Waals surface area (Å²) in [4.78, 5) is 0. The maximum atomic E-state index is 5.23. The van der Waals surface area contributed by atoms with Crippen molar-refractivity contribution >= 4 is 0 Å². The molecular weight excluding hydrogens is 234 g/mol. The van der Waals surface area contributed by atoms with Gasteiger partial charge in [-0.05, 0) is 37.1 Å². The molecular formula is C17H21NO. The molecule has 0 aliphatic heterocycles. The Kier molecular flexibility index (Phi) is 4.58. The molecule has 0 bridgehead atoms. The molecule has 0 fully saturated rings. The molecule has 2 nitrogen and oxygen atoms in total. The Labute approximate surface area is 115 Å². The third-order valence-electron chi connectivity index (χ3n) is 3.32. The Balaban J connectivity index is 1.96. The summed E-state index contributed by atoms with van der Waals surface area (Å²) in [7, 11) is 1.70. The predicted octanol–water partition coefficient (Wildman–Crippen LogP) is 3.85. The number of ether oxygens (including phenoxy) is 1. The van der Waals surface area contributed by atoms with Crippen LogP contribution in [0.1, 0.15) is 29.7 Å². The van der Waals surface area contributed by atoms with Gasteiger partial charge in [0, 0.05) is 12.6 Å². The van der Waals surface area contributed by atoms with Crippen molar-refractivity contribution in [2.24, 2.45) is 0 Å². The van der Waals surface area contributed by atoms with E-state index in [1.54, 1.807) is 7.11 Å². The van der Waals surface area contributed by atoms with Crippen molar-refractivity contribution in [3.05, 3.63) is 65.2 Å². The fraction of sp³-hybridized carbons (Fsp3) is 0.294. The van der Waals surface area contributed by atoms with E-state index in [0.717, 1.165) is 12.3 Å². The van der Waals surface area contributed by atoms with Crippen LogP contribution in [0, 0.1) is 6.92 Å². The van der Waals surface area contributed by atoms with Gasteiger partial charge in [0.25, 0.3) is 0 Å². The van der Waals surface area contributed by atoms with Crippen LogP contribution >= 0.6 is 0 Å².